The van der Waals surface area contributed by atoms with E-state index in [2.05, 4.69) is 55.4 Å². The van der Waals surface area contributed by atoms with Crippen LogP contribution in [0.15, 0.2) is 0 Å². The van der Waals surface area contributed by atoms with E-state index in [0.717, 1.165) is 92.7 Å². The van der Waals surface area contributed by atoms with Crippen molar-refractivity contribution in [2.75, 3.05) is 0 Å². The Balaban J connectivity index is 0.0000000923. The number of rotatable bonds is 4. The molecular formula is C52H88. The SMILES string of the molecule is CC(C)C12CC3CC(CC(C3)C1)C2.CC(C)C12CCC(C1)C1CCCC12.CC(C)C1CC2(C1)CC1(CCC1)C2.CC(C)C1CC2C3CCCC3C2C1. The third-order valence-electron chi connectivity index (χ3n) is 21.6. The standard InChI is InChI=1S/4C13H22/c1-9(2)13-6-10-3-11(7-13)5-12(4-10)8-13;1-10(2)11-6-13(7-11)8-12(9-13)4-3-5-12;1-8(2)9-6-12-10-4-3-5-11(10)13(12)7-9;1-9(2)13-7-6-10(8-13)11-4-3-5-12(11)13/h9-12H,3-8H2,1-2H3;10-11H,3-9H2,1-2H3;8-13H,3-7H2,1-2H3;9-12H,3-8H2,1-2H3. The van der Waals surface area contributed by atoms with E-state index in [1.165, 1.54) is 30.1 Å². The highest BCUT2D eigenvalue weighted by atomic mass is 14.7. The maximum Gasteiger partial charge on any atom is -0.0241 e. The Morgan fingerprint density at radius 2 is 0.962 bits per heavy atom. The van der Waals surface area contributed by atoms with Gasteiger partial charge in [0.1, 0.15) is 0 Å². The molecule has 52 heavy (non-hydrogen) atoms. The predicted octanol–water partition coefficient (Wildman–Crippen LogP) is 15.4. The van der Waals surface area contributed by atoms with Crippen LogP contribution in [0.25, 0.3) is 0 Å². The minimum absolute atomic E-state index is 0.800. The van der Waals surface area contributed by atoms with Crippen LogP contribution in [-0.4, -0.2) is 0 Å². The first-order valence-corrected chi connectivity index (χ1v) is 24.8. The Kier molecular flexibility index (Phi) is 10.00. The maximum absolute atomic E-state index is 2.48. The van der Waals surface area contributed by atoms with Gasteiger partial charge in [0.05, 0.1) is 0 Å². The molecule has 0 heterocycles. The first-order chi connectivity index (χ1) is 24.8. The van der Waals surface area contributed by atoms with Gasteiger partial charge in [0.2, 0.25) is 0 Å². The van der Waals surface area contributed by atoms with E-state index < -0.39 is 0 Å². The summed E-state index contributed by atoms with van der Waals surface area (Å²) in [4.78, 5) is 0. The molecule has 13 fully saturated rings. The molecule has 8 unspecified atom stereocenters. The fourth-order valence-corrected chi connectivity index (χ4v) is 18.9. The second kappa shape index (κ2) is 13.8. The minimum atomic E-state index is 0.800. The summed E-state index contributed by atoms with van der Waals surface area (Å²) in [5, 5.41) is 0. The molecule has 13 aliphatic carbocycles. The highest BCUT2D eigenvalue weighted by Crippen LogP contribution is 2.73. The summed E-state index contributed by atoms with van der Waals surface area (Å²) in [7, 11) is 0. The molecule has 0 aromatic carbocycles. The van der Waals surface area contributed by atoms with Gasteiger partial charge >= 0.3 is 0 Å². The molecule has 0 nitrogen and oxygen atoms in total. The van der Waals surface area contributed by atoms with E-state index in [9.17, 15) is 0 Å². The molecule has 13 saturated carbocycles. The first-order valence-electron chi connectivity index (χ1n) is 24.8. The summed E-state index contributed by atoms with van der Waals surface area (Å²) < 4.78 is 0. The molecule has 296 valence electrons. The van der Waals surface area contributed by atoms with Crippen molar-refractivity contribution in [1.29, 1.82) is 0 Å². The van der Waals surface area contributed by atoms with Crippen LogP contribution >= 0.6 is 0 Å². The highest BCUT2D eigenvalue weighted by Gasteiger charge is 2.62. The lowest BCUT2D eigenvalue weighted by atomic mass is 9.37. The van der Waals surface area contributed by atoms with Crippen LogP contribution in [0.1, 0.15) is 209 Å². The molecule has 2 spiro atoms. The molecule has 13 rings (SSSR count). The van der Waals surface area contributed by atoms with Crippen molar-refractivity contribution in [3.05, 3.63) is 0 Å². The van der Waals surface area contributed by atoms with Crippen LogP contribution in [0.5, 0.6) is 0 Å². The smallest absolute Gasteiger partial charge is 0.0241 e. The Hall–Kier alpha value is 0. The molecule has 0 aromatic heterocycles. The van der Waals surface area contributed by atoms with E-state index in [1.807, 2.05) is 0 Å². The molecule has 0 radical (unpaired) electrons. The van der Waals surface area contributed by atoms with E-state index in [4.69, 9.17) is 0 Å². The van der Waals surface area contributed by atoms with Crippen LogP contribution < -0.4 is 0 Å². The van der Waals surface area contributed by atoms with Crippen LogP contribution in [0.4, 0.5) is 0 Å². The van der Waals surface area contributed by atoms with Gasteiger partial charge in [0, 0.05) is 0 Å². The van der Waals surface area contributed by atoms with Gasteiger partial charge in [-0.2, -0.15) is 0 Å². The van der Waals surface area contributed by atoms with Gasteiger partial charge in [0.25, 0.3) is 0 Å². The summed E-state index contributed by atoms with van der Waals surface area (Å²) in [5.41, 5.74) is 3.40. The van der Waals surface area contributed by atoms with Crippen LogP contribution in [-0.2, 0) is 0 Å². The highest BCUT2D eigenvalue weighted by molar-refractivity contribution is 5.12. The number of fused-ring (bicyclic) bond motifs is 9. The first kappa shape index (κ1) is 37.6. The van der Waals surface area contributed by atoms with Crippen LogP contribution in [0, 0.1) is 116 Å². The molecule has 8 atom stereocenters. The molecule has 0 saturated heterocycles. The van der Waals surface area contributed by atoms with Gasteiger partial charge in [0.15, 0.2) is 0 Å². The lowest BCUT2D eigenvalue weighted by Crippen LogP contribution is -2.57. The van der Waals surface area contributed by atoms with Gasteiger partial charge < -0.3 is 0 Å². The minimum Gasteiger partial charge on any atom is -0.0625 e. The van der Waals surface area contributed by atoms with Gasteiger partial charge in [-0.3, -0.25) is 0 Å². The van der Waals surface area contributed by atoms with Gasteiger partial charge in [-0.1, -0.05) is 74.7 Å². The van der Waals surface area contributed by atoms with Crippen LogP contribution in [0.3, 0.4) is 0 Å². The number of hydrogen-bond donors (Lipinski definition) is 0. The Labute approximate surface area is 324 Å². The zero-order valence-corrected chi connectivity index (χ0v) is 36.2. The monoisotopic (exact) mass is 713 g/mol. The summed E-state index contributed by atoms with van der Waals surface area (Å²) in [5.74, 6) is 17.6. The van der Waals surface area contributed by atoms with Gasteiger partial charge in [-0.05, 0) is 251 Å². The largest absolute Gasteiger partial charge is 0.0625 e. The van der Waals surface area contributed by atoms with E-state index in [-0.39, 0.29) is 0 Å². The molecule has 0 heteroatoms. The predicted molar refractivity (Wildman–Crippen MR) is 222 cm³/mol. The second-order valence-electron chi connectivity index (χ2n) is 25.2. The van der Waals surface area contributed by atoms with Crippen molar-refractivity contribution >= 4 is 0 Å². The molecule has 0 N–H and O–H groups in total. The average Bonchev–Trinajstić information content (AvgIpc) is 3.84. The Morgan fingerprint density at radius 3 is 1.44 bits per heavy atom. The average molecular weight is 713 g/mol. The molecular weight excluding hydrogens is 625 g/mol. The molecule has 6 bridgehead atoms. The quantitative estimate of drug-likeness (QED) is 0.272. The maximum atomic E-state index is 2.48. The molecule has 0 aliphatic heterocycles. The van der Waals surface area contributed by atoms with Crippen molar-refractivity contribution in [2.24, 2.45) is 116 Å². The molecule has 13 aliphatic rings. The fraction of sp³-hybridized carbons (Fsp3) is 1.00. The van der Waals surface area contributed by atoms with Crippen molar-refractivity contribution in [2.45, 2.75) is 209 Å². The van der Waals surface area contributed by atoms with Crippen molar-refractivity contribution in [3.63, 3.8) is 0 Å². The number of hydrogen-bond acceptors (Lipinski definition) is 0. The lowest BCUT2D eigenvalue weighted by Gasteiger charge is -2.68. The molecule has 0 aromatic rings. The summed E-state index contributed by atoms with van der Waals surface area (Å²) >= 11 is 0. The summed E-state index contributed by atoms with van der Waals surface area (Å²) in [6, 6.07) is 0. The zero-order chi connectivity index (χ0) is 36.2. The lowest BCUT2D eigenvalue weighted by molar-refractivity contribution is -0.169. The van der Waals surface area contributed by atoms with Gasteiger partial charge in [-0.25, -0.2) is 0 Å². The van der Waals surface area contributed by atoms with E-state index in [0.29, 0.717) is 0 Å². The van der Waals surface area contributed by atoms with Crippen molar-refractivity contribution < 1.29 is 0 Å². The summed E-state index contributed by atoms with van der Waals surface area (Å²) in [6.07, 6.45) is 37.9. The summed E-state index contributed by atoms with van der Waals surface area (Å²) in [6.45, 7) is 19.5. The van der Waals surface area contributed by atoms with E-state index in [1.54, 1.807) is 148 Å². The fourth-order valence-electron chi connectivity index (χ4n) is 18.9. The Bertz CT molecular complexity index is 1180. The van der Waals surface area contributed by atoms with E-state index >= 15 is 0 Å². The normalized spacial score (nSPS) is 48.6. The second-order valence-corrected chi connectivity index (χ2v) is 25.2. The van der Waals surface area contributed by atoms with Crippen molar-refractivity contribution in [3.8, 4) is 0 Å². The van der Waals surface area contributed by atoms with Crippen LogP contribution in [0.2, 0.25) is 0 Å². The Morgan fingerprint density at radius 1 is 0.423 bits per heavy atom. The third-order valence-corrected chi connectivity index (χ3v) is 21.6. The van der Waals surface area contributed by atoms with Gasteiger partial charge in [-0.15, -0.1) is 0 Å². The molecule has 0 amide bonds. The van der Waals surface area contributed by atoms with Crippen molar-refractivity contribution in [1.82, 2.24) is 0 Å². The topological polar surface area (TPSA) is 0 Å². The third kappa shape index (κ3) is 6.30. The zero-order valence-electron chi connectivity index (χ0n) is 36.2.